The van der Waals surface area contributed by atoms with Gasteiger partial charge in [-0.25, -0.2) is 0 Å². The van der Waals surface area contributed by atoms with Crippen LogP contribution in [0.25, 0.3) is 0 Å². The van der Waals surface area contributed by atoms with E-state index in [1.807, 2.05) is 6.26 Å². The highest BCUT2D eigenvalue weighted by molar-refractivity contribution is 7.98. The molecule has 104 valence electrons. The Balaban J connectivity index is 2.83. The molecule has 0 aliphatic carbocycles. The van der Waals surface area contributed by atoms with E-state index in [1.54, 1.807) is 12.1 Å². The minimum atomic E-state index is -0.543. The van der Waals surface area contributed by atoms with Gasteiger partial charge >= 0.3 is 0 Å². The van der Waals surface area contributed by atoms with Crippen molar-refractivity contribution in [1.82, 2.24) is 5.32 Å². The van der Waals surface area contributed by atoms with Crippen molar-refractivity contribution < 1.29 is 9.72 Å². The van der Waals surface area contributed by atoms with Crippen molar-refractivity contribution in [2.24, 2.45) is 5.73 Å². The fraction of sp³-hybridized carbons (Fsp3) is 0.417. The highest BCUT2D eigenvalue weighted by atomic mass is 32.2. The third-order valence-electron chi connectivity index (χ3n) is 2.56. The third-order valence-corrected chi connectivity index (χ3v) is 3.29. The Labute approximate surface area is 115 Å². The van der Waals surface area contributed by atoms with E-state index in [1.165, 1.54) is 17.8 Å². The lowest BCUT2D eigenvalue weighted by Gasteiger charge is -2.06. The average molecular weight is 283 g/mol. The van der Waals surface area contributed by atoms with Gasteiger partial charge < -0.3 is 11.1 Å². The lowest BCUT2D eigenvalue weighted by Crippen LogP contribution is -2.25. The molecule has 6 nitrogen and oxygen atoms in total. The summed E-state index contributed by atoms with van der Waals surface area (Å²) in [4.78, 5) is 23.1. The number of carbonyl (C=O) groups is 1. The molecule has 0 atom stereocenters. The average Bonchev–Trinajstić information content (AvgIpc) is 2.42. The Kier molecular flexibility index (Phi) is 6.31. The van der Waals surface area contributed by atoms with E-state index >= 15 is 0 Å². The zero-order valence-electron chi connectivity index (χ0n) is 10.7. The van der Waals surface area contributed by atoms with Gasteiger partial charge in [0.05, 0.1) is 4.92 Å². The molecule has 0 spiro atoms. The van der Waals surface area contributed by atoms with Crippen LogP contribution in [-0.2, 0) is 0 Å². The number of amides is 1. The molecule has 1 aromatic carbocycles. The molecule has 1 amide bonds. The molecule has 0 fully saturated rings. The summed E-state index contributed by atoms with van der Waals surface area (Å²) < 4.78 is 0. The molecule has 3 N–H and O–H groups in total. The second kappa shape index (κ2) is 7.75. The predicted octanol–water partition coefficient (Wildman–Crippen LogP) is 1.79. The third kappa shape index (κ3) is 4.53. The van der Waals surface area contributed by atoms with Crippen molar-refractivity contribution in [3.8, 4) is 0 Å². The summed E-state index contributed by atoms with van der Waals surface area (Å²) >= 11 is 1.43. The molecule has 0 aliphatic heterocycles. The topological polar surface area (TPSA) is 98.3 Å². The van der Waals surface area contributed by atoms with Gasteiger partial charge in [-0.3, -0.25) is 14.9 Å². The number of rotatable bonds is 7. The largest absolute Gasteiger partial charge is 0.352 e. The molecule has 0 bridgehead atoms. The molecule has 1 rings (SSSR count). The zero-order chi connectivity index (χ0) is 14.3. The molecular weight excluding hydrogens is 266 g/mol. The van der Waals surface area contributed by atoms with Gasteiger partial charge in [-0.2, -0.15) is 0 Å². The Hall–Kier alpha value is -1.60. The maximum atomic E-state index is 11.9. The smallest absolute Gasteiger partial charge is 0.282 e. The number of benzene rings is 1. The Morgan fingerprint density at radius 3 is 2.79 bits per heavy atom. The molecular formula is C12H17N3O3S. The standard InChI is InChI=1S/C12H17N3O3S/c1-19-9-4-5-11(15(17)18)10(8-9)12(16)14-7-3-2-6-13/h4-5,8H,2-3,6-7,13H2,1H3,(H,14,16). The van der Waals surface area contributed by atoms with Crippen molar-refractivity contribution in [1.29, 1.82) is 0 Å². The van der Waals surface area contributed by atoms with Gasteiger partial charge in [0.25, 0.3) is 11.6 Å². The van der Waals surface area contributed by atoms with Crippen molar-refractivity contribution in [3.63, 3.8) is 0 Å². The van der Waals surface area contributed by atoms with Crippen LogP contribution in [0.1, 0.15) is 23.2 Å². The number of thioether (sulfide) groups is 1. The fourth-order valence-electron chi connectivity index (χ4n) is 1.55. The van der Waals surface area contributed by atoms with E-state index in [0.29, 0.717) is 13.1 Å². The lowest BCUT2D eigenvalue weighted by molar-refractivity contribution is -0.385. The molecule has 0 radical (unpaired) electrons. The fourth-order valence-corrected chi connectivity index (χ4v) is 1.99. The number of nitrogens with two attached hydrogens (primary N) is 1. The van der Waals surface area contributed by atoms with E-state index in [9.17, 15) is 14.9 Å². The number of hydrogen-bond acceptors (Lipinski definition) is 5. The monoisotopic (exact) mass is 283 g/mol. The van der Waals surface area contributed by atoms with E-state index in [2.05, 4.69) is 5.32 Å². The Bertz CT molecular complexity index is 466. The van der Waals surface area contributed by atoms with Crippen molar-refractivity contribution in [3.05, 3.63) is 33.9 Å². The number of nitro benzene ring substituents is 1. The molecule has 19 heavy (non-hydrogen) atoms. The van der Waals surface area contributed by atoms with Crippen molar-refractivity contribution in [2.45, 2.75) is 17.7 Å². The highest BCUT2D eigenvalue weighted by Crippen LogP contribution is 2.24. The second-order valence-corrected chi connectivity index (χ2v) is 4.77. The summed E-state index contributed by atoms with van der Waals surface area (Å²) in [6.45, 7) is 1.04. The first-order valence-electron chi connectivity index (χ1n) is 5.91. The van der Waals surface area contributed by atoms with Crippen LogP contribution < -0.4 is 11.1 Å². The van der Waals surface area contributed by atoms with Gasteiger partial charge in [0.1, 0.15) is 5.56 Å². The van der Waals surface area contributed by atoms with E-state index in [-0.39, 0.29) is 11.3 Å². The van der Waals surface area contributed by atoms with Crippen LogP contribution in [0.3, 0.4) is 0 Å². The summed E-state index contributed by atoms with van der Waals surface area (Å²) in [7, 11) is 0. The van der Waals surface area contributed by atoms with Crippen LogP contribution in [0.15, 0.2) is 23.1 Å². The van der Waals surface area contributed by atoms with Crippen LogP contribution in [-0.4, -0.2) is 30.2 Å². The molecule has 0 saturated heterocycles. The van der Waals surface area contributed by atoms with Crippen LogP contribution >= 0.6 is 11.8 Å². The first-order valence-corrected chi connectivity index (χ1v) is 7.13. The summed E-state index contributed by atoms with van der Waals surface area (Å²) in [5, 5.41) is 13.6. The van der Waals surface area contributed by atoms with Crippen molar-refractivity contribution >= 4 is 23.4 Å². The number of hydrogen-bond donors (Lipinski definition) is 2. The van der Waals surface area contributed by atoms with Gasteiger partial charge in [-0.15, -0.1) is 11.8 Å². The number of carbonyl (C=O) groups excluding carboxylic acids is 1. The van der Waals surface area contributed by atoms with Gasteiger partial charge in [-0.05, 0) is 37.8 Å². The molecule has 1 aromatic rings. The molecule has 0 saturated carbocycles. The molecule has 0 heterocycles. The summed E-state index contributed by atoms with van der Waals surface area (Å²) in [6, 6.07) is 4.54. The van der Waals surface area contributed by atoms with E-state index in [0.717, 1.165) is 17.7 Å². The molecule has 0 unspecified atom stereocenters. The summed E-state index contributed by atoms with van der Waals surface area (Å²) in [6.07, 6.45) is 3.43. The maximum Gasteiger partial charge on any atom is 0.282 e. The second-order valence-electron chi connectivity index (χ2n) is 3.89. The number of unbranched alkanes of at least 4 members (excludes halogenated alkanes) is 1. The van der Waals surface area contributed by atoms with Gasteiger partial charge in [0.2, 0.25) is 0 Å². The minimum Gasteiger partial charge on any atom is -0.352 e. The van der Waals surface area contributed by atoms with Crippen LogP contribution in [0.5, 0.6) is 0 Å². The quantitative estimate of drug-likeness (QED) is 0.344. The van der Waals surface area contributed by atoms with Gasteiger partial charge in [-0.1, -0.05) is 0 Å². The number of nitrogens with one attached hydrogen (secondary N) is 1. The summed E-state index contributed by atoms with van der Waals surface area (Å²) in [5.74, 6) is -0.417. The van der Waals surface area contributed by atoms with Crippen LogP contribution in [0.4, 0.5) is 5.69 Å². The lowest BCUT2D eigenvalue weighted by atomic mass is 10.1. The van der Waals surface area contributed by atoms with E-state index in [4.69, 9.17) is 5.73 Å². The molecule has 0 aliphatic rings. The first-order chi connectivity index (χ1) is 9.10. The zero-order valence-corrected chi connectivity index (χ0v) is 11.5. The molecule has 7 heteroatoms. The highest BCUT2D eigenvalue weighted by Gasteiger charge is 2.20. The predicted molar refractivity (Wildman–Crippen MR) is 75.5 cm³/mol. The first kappa shape index (κ1) is 15.5. The normalized spacial score (nSPS) is 10.2. The van der Waals surface area contributed by atoms with Crippen LogP contribution in [0.2, 0.25) is 0 Å². The SMILES string of the molecule is CSc1ccc([N+](=O)[O-])c(C(=O)NCCCCN)c1. The number of nitro groups is 1. The molecule has 0 aromatic heterocycles. The van der Waals surface area contributed by atoms with Gasteiger partial charge in [0.15, 0.2) is 0 Å². The van der Waals surface area contributed by atoms with Gasteiger partial charge in [0, 0.05) is 17.5 Å². The number of nitrogens with zero attached hydrogens (tertiary/aromatic N) is 1. The van der Waals surface area contributed by atoms with Crippen LogP contribution in [0, 0.1) is 10.1 Å². The minimum absolute atomic E-state index is 0.101. The maximum absolute atomic E-state index is 11.9. The Morgan fingerprint density at radius 1 is 1.47 bits per heavy atom. The summed E-state index contributed by atoms with van der Waals surface area (Å²) in [5.41, 5.74) is 5.28. The van der Waals surface area contributed by atoms with E-state index < -0.39 is 10.8 Å². The van der Waals surface area contributed by atoms with Crippen molar-refractivity contribution in [2.75, 3.05) is 19.3 Å². The Morgan fingerprint density at radius 2 is 2.21 bits per heavy atom.